The standard InChI is InChI=1S/C12H13N3O2/c1-7-4-8(2)6-10(5-7)11(16)14-12-13-9(3)15-17-12/h4-6H,1-3H3,(H,13,14,15,16). The number of nitrogens with zero attached hydrogens (tertiary/aromatic N) is 2. The van der Waals surface area contributed by atoms with Gasteiger partial charge in [0.1, 0.15) is 0 Å². The molecule has 2 rings (SSSR count). The molecule has 0 aliphatic rings. The molecule has 17 heavy (non-hydrogen) atoms. The number of aryl methyl sites for hydroxylation is 3. The Kier molecular flexibility index (Phi) is 2.91. The average molecular weight is 231 g/mol. The van der Waals surface area contributed by atoms with Gasteiger partial charge in [-0.1, -0.05) is 22.3 Å². The predicted octanol–water partition coefficient (Wildman–Crippen LogP) is 2.25. The lowest BCUT2D eigenvalue weighted by Gasteiger charge is -2.03. The first-order chi connectivity index (χ1) is 8.04. The lowest BCUT2D eigenvalue weighted by Crippen LogP contribution is -2.12. The van der Waals surface area contributed by atoms with Crippen LogP contribution in [0.1, 0.15) is 27.3 Å². The van der Waals surface area contributed by atoms with Gasteiger partial charge in [-0.2, -0.15) is 4.98 Å². The van der Waals surface area contributed by atoms with E-state index in [1.54, 1.807) is 6.92 Å². The smallest absolute Gasteiger partial charge is 0.315 e. The van der Waals surface area contributed by atoms with Crippen LogP contribution in [0.3, 0.4) is 0 Å². The fourth-order valence-electron chi connectivity index (χ4n) is 1.62. The fraction of sp³-hybridized carbons (Fsp3) is 0.250. The van der Waals surface area contributed by atoms with E-state index in [0.29, 0.717) is 11.4 Å². The topological polar surface area (TPSA) is 68.0 Å². The van der Waals surface area contributed by atoms with Gasteiger partial charge in [0, 0.05) is 5.56 Å². The van der Waals surface area contributed by atoms with Crippen LogP contribution >= 0.6 is 0 Å². The molecule has 0 saturated heterocycles. The molecule has 1 N–H and O–H groups in total. The molecule has 1 amide bonds. The molecule has 1 aromatic heterocycles. The SMILES string of the molecule is Cc1cc(C)cc(C(=O)Nc2nc(C)no2)c1. The van der Waals surface area contributed by atoms with Gasteiger partial charge in [-0.05, 0) is 32.9 Å². The van der Waals surface area contributed by atoms with Gasteiger partial charge >= 0.3 is 6.01 Å². The summed E-state index contributed by atoms with van der Waals surface area (Å²) in [7, 11) is 0. The van der Waals surface area contributed by atoms with E-state index in [2.05, 4.69) is 15.5 Å². The lowest BCUT2D eigenvalue weighted by atomic mass is 10.1. The molecule has 0 spiro atoms. The first-order valence-electron chi connectivity index (χ1n) is 5.24. The Morgan fingerprint density at radius 1 is 1.18 bits per heavy atom. The summed E-state index contributed by atoms with van der Waals surface area (Å²) in [6, 6.07) is 5.75. The molecule has 88 valence electrons. The number of carbonyl (C=O) groups is 1. The Labute approximate surface area is 98.8 Å². The molecule has 5 nitrogen and oxygen atoms in total. The minimum absolute atomic E-state index is 0.117. The van der Waals surface area contributed by atoms with Crippen LogP contribution in [0.25, 0.3) is 0 Å². The van der Waals surface area contributed by atoms with Crippen LogP contribution in [-0.2, 0) is 0 Å². The average Bonchev–Trinajstić information content (AvgIpc) is 2.62. The summed E-state index contributed by atoms with van der Waals surface area (Å²) in [5.74, 6) is 0.237. The molecule has 0 radical (unpaired) electrons. The van der Waals surface area contributed by atoms with Crippen LogP contribution in [0, 0.1) is 20.8 Å². The van der Waals surface area contributed by atoms with Crippen LogP contribution in [0.5, 0.6) is 0 Å². The number of benzene rings is 1. The summed E-state index contributed by atoms with van der Waals surface area (Å²) in [5, 5.41) is 6.15. The zero-order valence-electron chi connectivity index (χ0n) is 9.94. The van der Waals surface area contributed by atoms with Gasteiger partial charge in [-0.3, -0.25) is 10.1 Å². The van der Waals surface area contributed by atoms with Crippen molar-refractivity contribution >= 4 is 11.9 Å². The highest BCUT2D eigenvalue weighted by atomic mass is 16.5. The van der Waals surface area contributed by atoms with Crippen molar-refractivity contribution in [2.45, 2.75) is 20.8 Å². The minimum Gasteiger partial charge on any atom is -0.315 e. The maximum atomic E-state index is 11.9. The first kappa shape index (κ1) is 11.3. The minimum atomic E-state index is -0.250. The Morgan fingerprint density at radius 3 is 2.35 bits per heavy atom. The highest BCUT2D eigenvalue weighted by molar-refractivity contribution is 6.03. The van der Waals surface area contributed by atoms with Crippen molar-refractivity contribution in [3.8, 4) is 0 Å². The van der Waals surface area contributed by atoms with Gasteiger partial charge in [-0.25, -0.2) is 0 Å². The third kappa shape index (κ3) is 2.69. The van der Waals surface area contributed by atoms with Gasteiger partial charge < -0.3 is 4.52 Å². The molecule has 5 heteroatoms. The van der Waals surface area contributed by atoms with Crippen LogP contribution in [0.2, 0.25) is 0 Å². The number of amides is 1. The van der Waals surface area contributed by atoms with Crippen molar-refractivity contribution < 1.29 is 9.32 Å². The van der Waals surface area contributed by atoms with Gasteiger partial charge in [0.2, 0.25) is 0 Å². The van der Waals surface area contributed by atoms with Gasteiger partial charge in [0.25, 0.3) is 5.91 Å². The first-order valence-corrected chi connectivity index (χ1v) is 5.24. The number of hydrogen-bond acceptors (Lipinski definition) is 4. The zero-order chi connectivity index (χ0) is 12.4. The summed E-state index contributed by atoms with van der Waals surface area (Å²) in [4.78, 5) is 15.8. The van der Waals surface area contributed by atoms with E-state index in [1.165, 1.54) is 0 Å². The van der Waals surface area contributed by atoms with E-state index in [4.69, 9.17) is 4.52 Å². The van der Waals surface area contributed by atoms with Gasteiger partial charge in [0.15, 0.2) is 5.82 Å². The molecule has 0 aliphatic carbocycles. The molecule has 0 fully saturated rings. The van der Waals surface area contributed by atoms with Crippen LogP contribution in [0.15, 0.2) is 22.7 Å². The molecule has 0 bridgehead atoms. The summed E-state index contributed by atoms with van der Waals surface area (Å²) in [6.07, 6.45) is 0. The van der Waals surface area contributed by atoms with E-state index in [9.17, 15) is 4.79 Å². The lowest BCUT2D eigenvalue weighted by molar-refractivity contribution is 0.102. The summed E-state index contributed by atoms with van der Waals surface area (Å²) < 4.78 is 4.82. The van der Waals surface area contributed by atoms with E-state index in [-0.39, 0.29) is 11.9 Å². The van der Waals surface area contributed by atoms with Gasteiger partial charge in [-0.15, -0.1) is 0 Å². The zero-order valence-corrected chi connectivity index (χ0v) is 9.94. The van der Waals surface area contributed by atoms with E-state index in [0.717, 1.165) is 11.1 Å². The Morgan fingerprint density at radius 2 is 1.82 bits per heavy atom. The number of nitrogens with one attached hydrogen (secondary N) is 1. The molecule has 0 unspecified atom stereocenters. The van der Waals surface area contributed by atoms with Crippen LogP contribution < -0.4 is 5.32 Å². The number of rotatable bonds is 2. The number of carbonyl (C=O) groups excluding carboxylic acids is 1. The van der Waals surface area contributed by atoms with E-state index < -0.39 is 0 Å². The Hall–Kier alpha value is -2.17. The molecular formula is C12H13N3O2. The summed E-state index contributed by atoms with van der Waals surface area (Å²) >= 11 is 0. The highest BCUT2D eigenvalue weighted by Gasteiger charge is 2.10. The van der Waals surface area contributed by atoms with Crippen LogP contribution in [0.4, 0.5) is 6.01 Å². The maximum Gasteiger partial charge on any atom is 0.328 e. The molecule has 1 aromatic carbocycles. The maximum absolute atomic E-state index is 11.9. The molecule has 0 atom stereocenters. The molecule has 0 saturated carbocycles. The van der Waals surface area contributed by atoms with Crippen molar-refractivity contribution in [1.82, 2.24) is 10.1 Å². The number of anilines is 1. The third-order valence-corrected chi connectivity index (χ3v) is 2.23. The van der Waals surface area contributed by atoms with Crippen molar-refractivity contribution in [3.05, 3.63) is 40.7 Å². The highest BCUT2D eigenvalue weighted by Crippen LogP contribution is 2.11. The molecular weight excluding hydrogens is 218 g/mol. The van der Waals surface area contributed by atoms with Crippen molar-refractivity contribution in [1.29, 1.82) is 0 Å². The van der Waals surface area contributed by atoms with Crippen molar-refractivity contribution in [2.24, 2.45) is 0 Å². The summed E-state index contributed by atoms with van der Waals surface area (Å²) in [6.45, 7) is 5.58. The molecule has 2 aromatic rings. The number of hydrogen-bond donors (Lipinski definition) is 1. The molecule has 0 aliphatic heterocycles. The predicted molar refractivity (Wildman–Crippen MR) is 62.9 cm³/mol. The third-order valence-electron chi connectivity index (χ3n) is 2.23. The molecule has 1 heterocycles. The second kappa shape index (κ2) is 4.37. The monoisotopic (exact) mass is 231 g/mol. The van der Waals surface area contributed by atoms with Crippen molar-refractivity contribution in [2.75, 3.05) is 5.32 Å². The second-order valence-electron chi connectivity index (χ2n) is 3.98. The fourth-order valence-corrected chi connectivity index (χ4v) is 1.62. The van der Waals surface area contributed by atoms with E-state index >= 15 is 0 Å². The number of aromatic nitrogens is 2. The Bertz CT molecular complexity index is 540. The quantitative estimate of drug-likeness (QED) is 0.860. The van der Waals surface area contributed by atoms with E-state index in [1.807, 2.05) is 32.0 Å². The summed E-state index contributed by atoms with van der Waals surface area (Å²) in [5.41, 5.74) is 2.66. The van der Waals surface area contributed by atoms with Crippen molar-refractivity contribution in [3.63, 3.8) is 0 Å². The second-order valence-corrected chi connectivity index (χ2v) is 3.98. The normalized spacial score (nSPS) is 10.3. The largest absolute Gasteiger partial charge is 0.328 e. The Balaban J connectivity index is 2.19. The van der Waals surface area contributed by atoms with Crippen LogP contribution in [-0.4, -0.2) is 16.0 Å². The van der Waals surface area contributed by atoms with Gasteiger partial charge in [0.05, 0.1) is 0 Å².